The quantitative estimate of drug-likeness (QED) is 0.870. The molecule has 2 heterocycles. The van der Waals surface area contributed by atoms with Gasteiger partial charge in [0.2, 0.25) is 0 Å². The standard InChI is InChI=1S/C14H15BrN2O2S/c15-8-3-4-10-11(6-8)20-13(12(10)16)14(18)17-9-2-1-5-19-7-9/h3-4,6,9H,1-2,5,7,16H2,(H,17,18). The molecule has 0 spiro atoms. The van der Waals surface area contributed by atoms with Gasteiger partial charge < -0.3 is 15.8 Å². The van der Waals surface area contributed by atoms with E-state index >= 15 is 0 Å². The number of nitrogens with two attached hydrogens (primary N) is 1. The van der Waals surface area contributed by atoms with Gasteiger partial charge in [0, 0.05) is 21.2 Å². The Kier molecular flexibility index (Phi) is 3.96. The maximum atomic E-state index is 12.3. The molecule has 0 aliphatic carbocycles. The van der Waals surface area contributed by atoms with Crippen molar-refractivity contribution in [3.05, 3.63) is 27.5 Å². The summed E-state index contributed by atoms with van der Waals surface area (Å²) in [7, 11) is 0. The molecular weight excluding hydrogens is 340 g/mol. The number of anilines is 1. The number of halogens is 1. The molecule has 1 aliphatic rings. The Bertz CT molecular complexity index is 650. The Morgan fingerprint density at radius 2 is 2.35 bits per heavy atom. The highest BCUT2D eigenvalue weighted by molar-refractivity contribution is 9.10. The molecule has 1 unspecified atom stereocenters. The summed E-state index contributed by atoms with van der Waals surface area (Å²) >= 11 is 4.86. The lowest BCUT2D eigenvalue weighted by atomic mass is 10.1. The van der Waals surface area contributed by atoms with E-state index in [9.17, 15) is 4.79 Å². The fraction of sp³-hybridized carbons (Fsp3) is 0.357. The third-order valence-corrected chi connectivity index (χ3v) is 5.05. The van der Waals surface area contributed by atoms with E-state index in [0.29, 0.717) is 17.2 Å². The first-order valence-corrected chi connectivity index (χ1v) is 8.12. The van der Waals surface area contributed by atoms with Crippen LogP contribution in [0.1, 0.15) is 22.5 Å². The van der Waals surface area contributed by atoms with Gasteiger partial charge >= 0.3 is 0 Å². The third kappa shape index (κ3) is 2.68. The van der Waals surface area contributed by atoms with Crippen molar-refractivity contribution in [3.63, 3.8) is 0 Å². The van der Waals surface area contributed by atoms with Gasteiger partial charge in [0.25, 0.3) is 5.91 Å². The zero-order chi connectivity index (χ0) is 14.1. The topological polar surface area (TPSA) is 64.4 Å². The molecular formula is C14H15BrN2O2S. The van der Waals surface area contributed by atoms with Crippen LogP contribution in [0.15, 0.2) is 22.7 Å². The normalized spacial score (nSPS) is 19.1. The first kappa shape index (κ1) is 13.9. The third-order valence-electron chi connectivity index (χ3n) is 3.39. The Balaban J connectivity index is 1.85. The molecule has 2 aromatic rings. The van der Waals surface area contributed by atoms with Gasteiger partial charge in [0.15, 0.2) is 0 Å². The Hall–Kier alpha value is -1.11. The number of rotatable bonds is 2. The van der Waals surface area contributed by atoms with E-state index in [1.165, 1.54) is 11.3 Å². The van der Waals surface area contributed by atoms with Crippen LogP contribution >= 0.6 is 27.3 Å². The zero-order valence-corrected chi connectivity index (χ0v) is 13.2. The van der Waals surface area contributed by atoms with E-state index in [2.05, 4.69) is 21.2 Å². The maximum absolute atomic E-state index is 12.3. The van der Waals surface area contributed by atoms with Crippen LogP contribution in [-0.4, -0.2) is 25.2 Å². The van der Waals surface area contributed by atoms with Gasteiger partial charge in [-0.15, -0.1) is 11.3 Å². The largest absolute Gasteiger partial charge is 0.397 e. The van der Waals surface area contributed by atoms with Gasteiger partial charge in [-0.3, -0.25) is 4.79 Å². The van der Waals surface area contributed by atoms with E-state index in [-0.39, 0.29) is 11.9 Å². The number of carbonyl (C=O) groups is 1. The predicted molar refractivity (Wildman–Crippen MR) is 85.2 cm³/mol. The predicted octanol–water partition coefficient (Wildman–Crippen LogP) is 3.15. The van der Waals surface area contributed by atoms with E-state index in [1.54, 1.807) is 0 Å². The molecule has 4 nitrogen and oxygen atoms in total. The molecule has 0 radical (unpaired) electrons. The summed E-state index contributed by atoms with van der Waals surface area (Å²) in [6.07, 6.45) is 1.95. The smallest absolute Gasteiger partial charge is 0.263 e. The molecule has 1 aliphatic heterocycles. The highest BCUT2D eigenvalue weighted by Gasteiger charge is 2.21. The fourth-order valence-corrected chi connectivity index (χ4v) is 3.94. The molecule has 0 saturated carbocycles. The summed E-state index contributed by atoms with van der Waals surface area (Å²) in [5.74, 6) is -0.102. The van der Waals surface area contributed by atoms with Crippen molar-refractivity contribution in [2.45, 2.75) is 18.9 Å². The summed E-state index contributed by atoms with van der Waals surface area (Å²) in [6.45, 7) is 1.37. The average molecular weight is 355 g/mol. The minimum absolute atomic E-state index is 0.0904. The molecule has 1 fully saturated rings. The van der Waals surface area contributed by atoms with Gasteiger partial charge in [-0.05, 0) is 25.0 Å². The van der Waals surface area contributed by atoms with Crippen LogP contribution in [0.5, 0.6) is 0 Å². The van der Waals surface area contributed by atoms with Crippen molar-refractivity contribution in [1.29, 1.82) is 0 Å². The van der Waals surface area contributed by atoms with E-state index < -0.39 is 0 Å². The number of hydrogen-bond acceptors (Lipinski definition) is 4. The molecule has 1 amide bonds. The number of ether oxygens (including phenoxy) is 1. The molecule has 0 bridgehead atoms. The van der Waals surface area contributed by atoms with Crippen LogP contribution in [0.3, 0.4) is 0 Å². The van der Waals surface area contributed by atoms with Crippen LogP contribution in [0.2, 0.25) is 0 Å². The number of carbonyl (C=O) groups excluding carboxylic acids is 1. The van der Waals surface area contributed by atoms with Crippen molar-refractivity contribution in [2.24, 2.45) is 0 Å². The van der Waals surface area contributed by atoms with E-state index in [1.807, 2.05) is 18.2 Å². The second-order valence-corrected chi connectivity index (χ2v) is 6.84. The SMILES string of the molecule is Nc1c(C(=O)NC2CCCOC2)sc2cc(Br)ccc12. The summed E-state index contributed by atoms with van der Waals surface area (Å²) in [6, 6.07) is 5.94. The zero-order valence-electron chi connectivity index (χ0n) is 10.8. The first-order valence-electron chi connectivity index (χ1n) is 6.51. The van der Waals surface area contributed by atoms with Crippen molar-refractivity contribution in [1.82, 2.24) is 5.32 Å². The van der Waals surface area contributed by atoms with Gasteiger partial charge in [-0.25, -0.2) is 0 Å². The van der Waals surface area contributed by atoms with E-state index in [4.69, 9.17) is 10.5 Å². The van der Waals surface area contributed by atoms with Crippen molar-refractivity contribution in [2.75, 3.05) is 18.9 Å². The van der Waals surface area contributed by atoms with Gasteiger partial charge in [0.1, 0.15) is 4.88 Å². The van der Waals surface area contributed by atoms with Crippen molar-refractivity contribution in [3.8, 4) is 0 Å². The van der Waals surface area contributed by atoms with E-state index in [0.717, 1.165) is 34.0 Å². The summed E-state index contributed by atoms with van der Waals surface area (Å²) < 4.78 is 7.38. The molecule has 3 rings (SSSR count). The number of nitrogens with one attached hydrogen (secondary N) is 1. The summed E-state index contributed by atoms with van der Waals surface area (Å²) in [5.41, 5.74) is 6.66. The maximum Gasteiger partial charge on any atom is 0.263 e. The van der Waals surface area contributed by atoms with Crippen molar-refractivity contribution < 1.29 is 9.53 Å². The fourth-order valence-electron chi connectivity index (χ4n) is 2.36. The Morgan fingerprint density at radius 1 is 1.50 bits per heavy atom. The molecule has 1 atom stereocenters. The Morgan fingerprint density at radius 3 is 3.10 bits per heavy atom. The number of fused-ring (bicyclic) bond motifs is 1. The number of benzene rings is 1. The van der Waals surface area contributed by atoms with Crippen LogP contribution < -0.4 is 11.1 Å². The molecule has 20 heavy (non-hydrogen) atoms. The number of thiophene rings is 1. The van der Waals surface area contributed by atoms with Crippen LogP contribution in [0.4, 0.5) is 5.69 Å². The van der Waals surface area contributed by atoms with Crippen LogP contribution in [0, 0.1) is 0 Å². The molecule has 106 valence electrons. The average Bonchev–Trinajstić information content (AvgIpc) is 2.76. The van der Waals surface area contributed by atoms with Gasteiger partial charge in [-0.1, -0.05) is 22.0 Å². The second-order valence-electron chi connectivity index (χ2n) is 4.87. The van der Waals surface area contributed by atoms with Gasteiger partial charge in [-0.2, -0.15) is 0 Å². The van der Waals surface area contributed by atoms with Crippen LogP contribution in [-0.2, 0) is 4.74 Å². The highest BCUT2D eigenvalue weighted by Crippen LogP contribution is 2.35. The minimum atomic E-state index is -0.102. The van der Waals surface area contributed by atoms with Crippen LogP contribution in [0.25, 0.3) is 10.1 Å². The van der Waals surface area contributed by atoms with Gasteiger partial charge in [0.05, 0.1) is 18.3 Å². The monoisotopic (exact) mass is 354 g/mol. The lowest BCUT2D eigenvalue weighted by Gasteiger charge is -2.22. The van der Waals surface area contributed by atoms with Crippen molar-refractivity contribution >= 4 is 48.9 Å². The number of amides is 1. The Labute approximate surface area is 129 Å². The second kappa shape index (κ2) is 5.71. The molecule has 3 N–H and O–H groups in total. The molecule has 6 heteroatoms. The molecule has 1 saturated heterocycles. The number of hydrogen-bond donors (Lipinski definition) is 2. The summed E-state index contributed by atoms with van der Waals surface area (Å²) in [4.78, 5) is 12.9. The minimum Gasteiger partial charge on any atom is -0.397 e. The summed E-state index contributed by atoms with van der Waals surface area (Å²) in [5, 5.41) is 3.94. The lowest BCUT2D eigenvalue weighted by molar-refractivity contribution is 0.0626. The number of nitrogen functional groups attached to an aromatic ring is 1. The first-order chi connectivity index (χ1) is 9.65. The molecule has 1 aromatic carbocycles. The molecule has 1 aromatic heterocycles. The highest BCUT2D eigenvalue weighted by atomic mass is 79.9. The lowest BCUT2D eigenvalue weighted by Crippen LogP contribution is -2.40.